The number of hydrogen-bond acceptors (Lipinski definition) is 7. The van der Waals surface area contributed by atoms with E-state index in [1.165, 1.54) is 7.11 Å². The Kier molecular flexibility index (Phi) is 11.2. The number of allylic oxidation sites excluding steroid dienone is 1. The SMILES string of the molecule is COC(=O)Nc1ccc2c(c1)NC(=O)CC/C=C\C[C@H](NC(=O)OC(C)(C)C)c1nc-2c(Cl)n1COCC[Si](C)(C)C. The van der Waals surface area contributed by atoms with E-state index in [4.69, 9.17) is 30.8 Å². The van der Waals surface area contributed by atoms with Crippen LogP contribution < -0.4 is 16.0 Å². The topological polar surface area (TPSA) is 133 Å². The van der Waals surface area contributed by atoms with Crippen molar-refractivity contribution in [3.05, 3.63) is 41.3 Å². The monoisotopic (exact) mass is 619 g/mol. The molecule has 1 aromatic carbocycles. The molecule has 0 fully saturated rings. The highest BCUT2D eigenvalue weighted by atomic mass is 35.5. The Morgan fingerprint density at radius 2 is 1.93 bits per heavy atom. The van der Waals surface area contributed by atoms with Crippen molar-refractivity contribution in [3.63, 3.8) is 0 Å². The van der Waals surface area contributed by atoms with Gasteiger partial charge in [0, 0.05) is 32.4 Å². The van der Waals surface area contributed by atoms with Gasteiger partial charge in [0.05, 0.1) is 18.8 Å². The summed E-state index contributed by atoms with van der Waals surface area (Å²) >= 11 is 6.99. The number of rotatable bonds is 7. The number of fused-ring (bicyclic) bond motifs is 4. The summed E-state index contributed by atoms with van der Waals surface area (Å²) in [6.45, 7) is 12.9. The third-order valence-corrected chi connectivity index (χ3v) is 8.30. The number of carbonyl (C=O) groups is 3. The first-order chi connectivity index (χ1) is 19.7. The van der Waals surface area contributed by atoms with E-state index in [1.807, 2.05) is 12.2 Å². The van der Waals surface area contributed by atoms with Crippen molar-refractivity contribution in [1.29, 1.82) is 0 Å². The Morgan fingerprint density at radius 1 is 1.19 bits per heavy atom. The van der Waals surface area contributed by atoms with Crippen LogP contribution in [0.3, 0.4) is 0 Å². The van der Waals surface area contributed by atoms with Crippen LogP contribution in [0.15, 0.2) is 30.4 Å². The highest BCUT2D eigenvalue weighted by Gasteiger charge is 2.28. The lowest BCUT2D eigenvalue weighted by atomic mass is 10.1. The van der Waals surface area contributed by atoms with Crippen LogP contribution in [-0.4, -0.2) is 55.0 Å². The maximum absolute atomic E-state index is 12.9. The second-order valence-corrected chi connectivity index (χ2v) is 18.2. The van der Waals surface area contributed by atoms with Crippen LogP contribution in [0, 0.1) is 0 Å². The third kappa shape index (κ3) is 9.88. The molecule has 2 bridgehead atoms. The number of alkyl carbamates (subject to hydrolysis) is 1. The van der Waals surface area contributed by atoms with Gasteiger partial charge >= 0.3 is 12.2 Å². The van der Waals surface area contributed by atoms with Crippen molar-refractivity contribution in [1.82, 2.24) is 14.9 Å². The van der Waals surface area contributed by atoms with Crippen molar-refractivity contribution < 1.29 is 28.6 Å². The van der Waals surface area contributed by atoms with Crippen molar-refractivity contribution in [2.45, 2.75) is 84.1 Å². The number of nitrogens with zero attached hydrogens (tertiary/aromatic N) is 2. The quantitative estimate of drug-likeness (QED) is 0.174. The fourth-order valence-corrected chi connectivity index (χ4v) is 5.14. The summed E-state index contributed by atoms with van der Waals surface area (Å²) in [4.78, 5) is 42.5. The zero-order valence-corrected chi connectivity index (χ0v) is 27.2. The summed E-state index contributed by atoms with van der Waals surface area (Å²) in [6.07, 6.45) is 3.65. The fourth-order valence-electron chi connectivity index (χ4n) is 4.10. The van der Waals surface area contributed by atoms with E-state index in [-0.39, 0.29) is 24.2 Å². The van der Waals surface area contributed by atoms with Crippen LogP contribution in [0.5, 0.6) is 0 Å². The Morgan fingerprint density at radius 3 is 2.60 bits per heavy atom. The number of methoxy groups -OCH3 is 1. The molecule has 0 saturated heterocycles. The molecule has 3 N–H and O–H groups in total. The number of imidazole rings is 1. The number of amides is 3. The molecule has 1 aromatic heterocycles. The number of hydrogen-bond donors (Lipinski definition) is 3. The largest absolute Gasteiger partial charge is 0.453 e. The first-order valence-electron chi connectivity index (χ1n) is 13.9. The number of aromatic nitrogens is 2. The average molecular weight is 620 g/mol. The predicted octanol–water partition coefficient (Wildman–Crippen LogP) is 6.94. The summed E-state index contributed by atoms with van der Waals surface area (Å²) in [6, 6.07) is 5.36. The van der Waals surface area contributed by atoms with Gasteiger partial charge in [0.15, 0.2) is 0 Å². The number of anilines is 2. The molecule has 1 aliphatic heterocycles. The Bertz CT molecular complexity index is 1310. The number of benzene rings is 1. The second-order valence-electron chi connectivity index (χ2n) is 12.3. The molecule has 11 nitrogen and oxygen atoms in total. The van der Waals surface area contributed by atoms with Crippen LogP contribution in [-0.2, 0) is 25.7 Å². The zero-order valence-electron chi connectivity index (χ0n) is 25.4. The van der Waals surface area contributed by atoms with Gasteiger partial charge in [-0.05, 0) is 57.9 Å². The van der Waals surface area contributed by atoms with Crippen LogP contribution in [0.1, 0.15) is 51.9 Å². The summed E-state index contributed by atoms with van der Waals surface area (Å²) in [7, 11) is -0.0689. The minimum Gasteiger partial charge on any atom is -0.453 e. The molecule has 0 radical (unpaired) electrons. The van der Waals surface area contributed by atoms with Crippen LogP contribution >= 0.6 is 11.6 Å². The van der Waals surface area contributed by atoms with Gasteiger partial charge in [-0.25, -0.2) is 14.6 Å². The summed E-state index contributed by atoms with van der Waals surface area (Å²) in [5.74, 6) is 0.260. The first kappa shape index (κ1) is 33.2. The fraction of sp³-hybridized carbons (Fsp3) is 0.517. The normalized spacial score (nSPS) is 16.6. The van der Waals surface area contributed by atoms with Gasteiger partial charge in [-0.15, -0.1) is 0 Å². The molecule has 3 rings (SSSR count). The van der Waals surface area contributed by atoms with E-state index in [0.29, 0.717) is 47.9 Å². The van der Waals surface area contributed by atoms with Gasteiger partial charge in [0.1, 0.15) is 29.0 Å². The summed E-state index contributed by atoms with van der Waals surface area (Å²) in [5, 5.41) is 8.76. The van der Waals surface area contributed by atoms with Crippen molar-refractivity contribution in [3.8, 4) is 11.3 Å². The molecule has 2 aromatic rings. The van der Waals surface area contributed by atoms with E-state index < -0.39 is 31.9 Å². The van der Waals surface area contributed by atoms with Crippen molar-refractivity contribution in [2.75, 3.05) is 24.4 Å². The Balaban J connectivity index is 2.12. The van der Waals surface area contributed by atoms with E-state index in [2.05, 4.69) is 35.6 Å². The number of halogens is 1. The van der Waals surface area contributed by atoms with Crippen LogP contribution in [0.25, 0.3) is 11.3 Å². The molecular weight excluding hydrogens is 578 g/mol. The number of carbonyl (C=O) groups excluding carboxylic acids is 3. The molecule has 0 saturated carbocycles. The highest BCUT2D eigenvalue weighted by molar-refractivity contribution is 6.76. The minimum absolute atomic E-state index is 0.117. The molecule has 1 atom stereocenters. The Labute approximate surface area is 253 Å². The molecule has 0 aliphatic carbocycles. The smallest absolute Gasteiger partial charge is 0.411 e. The number of ether oxygens (including phenoxy) is 3. The molecule has 0 spiro atoms. The van der Waals surface area contributed by atoms with E-state index in [9.17, 15) is 14.4 Å². The maximum atomic E-state index is 12.9. The lowest BCUT2D eigenvalue weighted by Gasteiger charge is -2.24. The summed E-state index contributed by atoms with van der Waals surface area (Å²) < 4.78 is 18.0. The lowest BCUT2D eigenvalue weighted by Crippen LogP contribution is -2.36. The van der Waals surface area contributed by atoms with Gasteiger partial charge in [0.25, 0.3) is 0 Å². The first-order valence-corrected chi connectivity index (χ1v) is 18.0. The van der Waals surface area contributed by atoms with E-state index in [1.54, 1.807) is 43.5 Å². The molecule has 42 heavy (non-hydrogen) atoms. The predicted molar refractivity (Wildman–Crippen MR) is 167 cm³/mol. The van der Waals surface area contributed by atoms with Crippen molar-refractivity contribution >= 4 is 49.1 Å². The molecule has 1 aliphatic rings. The van der Waals surface area contributed by atoms with Crippen LogP contribution in [0.4, 0.5) is 21.0 Å². The second kappa shape index (κ2) is 14.2. The average Bonchev–Trinajstić information content (AvgIpc) is 3.19. The molecule has 3 amide bonds. The van der Waals surface area contributed by atoms with Gasteiger partial charge in [0.2, 0.25) is 5.91 Å². The molecule has 2 heterocycles. The van der Waals surface area contributed by atoms with Gasteiger partial charge in [-0.3, -0.25) is 14.7 Å². The number of nitrogens with one attached hydrogen (secondary N) is 3. The lowest BCUT2D eigenvalue weighted by molar-refractivity contribution is -0.116. The van der Waals surface area contributed by atoms with Gasteiger partial charge < -0.3 is 24.8 Å². The highest BCUT2D eigenvalue weighted by Crippen LogP contribution is 2.37. The van der Waals surface area contributed by atoms with E-state index in [0.717, 1.165) is 6.04 Å². The molecule has 230 valence electrons. The van der Waals surface area contributed by atoms with E-state index >= 15 is 0 Å². The minimum atomic E-state index is -1.34. The van der Waals surface area contributed by atoms with Crippen LogP contribution in [0.2, 0.25) is 30.8 Å². The summed E-state index contributed by atoms with van der Waals surface area (Å²) in [5.41, 5.74) is 1.06. The molecule has 0 unspecified atom stereocenters. The molecular formula is C29H42ClN5O6Si. The van der Waals surface area contributed by atoms with Crippen molar-refractivity contribution in [2.24, 2.45) is 0 Å². The molecule has 13 heteroatoms. The third-order valence-electron chi connectivity index (χ3n) is 6.21. The van der Waals surface area contributed by atoms with Gasteiger partial charge in [-0.2, -0.15) is 0 Å². The Hall–Kier alpha value is -3.35. The maximum Gasteiger partial charge on any atom is 0.411 e. The van der Waals surface area contributed by atoms with Gasteiger partial charge in [-0.1, -0.05) is 43.4 Å². The zero-order chi connectivity index (χ0) is 31.1. The standard InChI is InChI=1S/C29H42ClN5O6Si/c1-29(2,3)41-28(38)33-21-11-9-8-10-12-23(36)32-22-17-19(31-27(37)39-4)13-14-20(22)24-25(30)35(26(21)34-24)18-40-15-16-42(5,6)7/h8-9,13-14,17,21H,10-12,15-16,18H2,1-7H3,(H,31,37)(H,32,36)(H,33,38)/b9-8-/t21-/m0/s1.